The van der Waals surface area contributed by atoms with Crippen LogP contribution >= 0.6 is 0 Å². The summed E-state index contributed by atoms with van der Waals surface area (Å²) in [6, 6.07) is 0. The van der Waals surface area contributed by atoms with Crippen LogP contribution in [0.3, 0.4) is 0 Å². The lowest BCUT2D eigenvalue weighted by molar-refractivity contribution is -0.372. The van der Waals surface area contributed by atoms with Crippen molar-refractivity contribution in [1.29, 1.82) is 0 Å². The molecule has 0 unspecified atom stereocenters. The van der Waals surface area contributed by atoms with Crippen molar-refractivity contribution >= 4 is 0 Å². The van der Waals surface area contributed by atoms with Crippen LogP contribution in [0.25, 0.3) is 0 Å². The topological polar surface area (TPSA) is 182 Å². The number of allylic oxidation sites excluding steroid dienone is 1. The third-order valence-corrected chi connectivity index (χ3v) is 11.9. The van der Waals surface area contributed by atoms with Gasteiger partial charge in [-0.1, -0.05) is 39.8 Å². The third kappa shape index (κ3) is 3.55. The summed E-state index contributed by atoms with van der Waals surface area (Å²) in [6.07, 6.45) is -0.927. The summed E-state index contributed by atoms with van der Waals surface area (Å²) < 4.78 is 0. The summed E-state index contributed by atoms with van der Waals surface area (Å²) in [5, 5.41) is 99.9. The van der Waals surface area contributed by atoms with Crippen LogP contribution in [0.2, 0.25) is 0 Å². The molecule has 9 heteroatoms. The lowest BCUT2D eigenvalue weighted by Gasteiger charge is -2.71. The summed E-state index contributed by atoms with van der Waals surface area (Å²) in [5.41, 5.74) is -9.40. The second-order valence-electron chi connectivity index (χ2n) is 13.6. The highest BCUT2D eigenvalue weighted by Crippen LogP contribution is 2.72. The van der Waals surface area contributed by atoms with E-state index in [0.29, 0.717) is 12.8 Å². The van der Waals surface area contributed by atoms with E-state index >= 15 is 0 Å². The van der Waals surface area contributed by atoms with Gasteiger partial charge in [-0.2, -0.15) is 0 Å². The average Bonchev–Trinajstić information content (AvgIpc) is 3.05. The second kappa shape index (κ2) is 8.94. The highest BCUT2D eigenvalue weighted by Gasteiger charge is 2.81. The summed E-state index contributed by atoms with van der Waals surface area (Å²) in [6.45, 7) is 8.51. The second-order valence-corrected chi connectivity index (χ2v) is 13.6. The van der Waals surface area contributed by atoms with Gasteiger partial charge in [0.25, 0.3) is 0 Å². The highest BCUT2D eigenvalue weighted by molar-refractivity contribution is 5.31. The Bertz CT molecular complexity index is 910. The molecule has 4 aliphatic rings. The largest absolute Gasteiger partial charge is 0.393 e. The molecule has 0 aliphatic heterocycles. The minimum Gasteiger partial charge on any atom is -0.393 e. The van der Waals surface area contributed by atoms with Crippen LogP contribution in [0.15, 0.2) is 12.2 Å². The van der Waals surface area contributed by atoms with Gasteiger partial charge >= 0.3 is 0 Å². The standard InChI is InChI=1S/C28H48O9/c1-15(6-7-16(2)25(5,34)14-29)17-12-20(31)28(37)23(17,3)11-9-19-24(4)10-8-18(30)22(33)27(24,36)21(32)13-26(19,28)35/h6-7,15-22,29-37H,8-14H2,1-5H3/b7-6+/t15-,16-,17-,18+,19-,20+,21+,22+,23-,24-,25+,26+,27-,28+/m1/s1. The van der Waals surface area contributed by atoms with Gasteiger partial charge in [0.1, 0.15) is 22.9 Å². The molecule has 9 nitrogen and oxygen atoms in total. The monoisotopic (exact) mass is 528 g/mol. The van der Waals surface area contributed by atoms with Crippen LogP contribution in [0.1, 0.15) is 73.1 Å². The van der Waals surface area contributed by atoms with Crippen molar-refractivity contribution in [3.8, 4) is 0 Å². The number of hydrogen-bond donors (Lipinski definition) is 9. The molecule has 4 fully saturated rings. The number of aliphatic hydroxyl groups is 9. The van der Waals surface area contributed by atoms with E-state index < -0.39 is 70.0 Å². The van der Waals surface area contributed by atoms with E-state index in [1.807, 2.05) is 26.0 Å². The quantitative estimate of drug-likeness (QED) is 0.219. The minimum atomic E-state index is -2.07. The zero-order valence-corrected chi connectivity index (χ0v) is 22.7. The average molecular weight is 529 g/mol. The van der Waals surface area contributed by atoms with Crippen molar-refractivity contribution in [2.24, 2.45) is 34.5 Å². The van der Waals surface area contributed by atoms with Crippen LogP contribution in [0.5, 0.6) is 0 Å². The van der Waals surface area contributed by atoms with E-state index in [4.69, 9.17) is 0 Å². The maximum atomic E-state index is 12.4. The van der Waals surface area contributed by atoms with Crippen molar-refractivity contribution in [1.82, 2.24) is 0 Å². The molecule has 0 bridgehead atoms. The molecule has 0 spiro atoms. The predicted octanol–water partition coefficient (Wildman–Crippen LogP) is -0.165. The molecule has 0 radical (unpaired) electrons. The van der Waals surface area contributed by atoms with E-state index in [0.717, 1.165) is 0 Å². The van der Waals surface area contributed by atoms with Crippen molar-refractivity contribution in [2.75, 3.05) is 6.61 Å². The van der Waals surface area contributed by atoms with Crippen LogP contribution < -0.4 is 0 Å². The molecule has 214 valence electrons. The summed E-state index contributed by atoms with van der Waals surface area (Å²) >= 11 is 0. The van der Waals surface area contributed by atoms with E-state index in [-0.39, 0.29) is 43.6 Å². The minimum absolute atomic E-state index is 0.140. The van der Waals surface area contributed by atoms with E-state index in [1.165, 1.54) is 0 Å². The number of hydrogen-bond acceptors (Lipinski definition) is 9. The Morgan fingerprint density at radius 1 is 0.919 bits per heavy atom. The van der Waals surface area contributed by atoms with Crippen LogP contribution in [-0.4, -0.2) is 99.4 Å². The first-order valence-electron chi connectivity index (χ1n) is 13.8. The first-order valence-corrected chi connectivity index (χ1v) is 13.8. The van der Waals surface area contributed by atoms with Crippen molar-refractivity contribution in [3.63, 3.8) is 0 Å². The van der Waals surface area contributed by atoms with E-state index in [2.05, 4.69) is 0 Å². The van der Waals surface area contributed by atoms with Gasteiger partial charge in [0, 0.05) is 23.2 Å². The Morgan fingerprint density at radius 2 is 1.51 bits per heavy atom. The molecule has 0 saturated heterocycles. The molecule has 4 saturated carbocycles. The first-order chi connectivity index (χ1) is 16.9. The molecule has 37 heavy (non-hydrogen) atoms. The van der Waals surface area contributed by atoms with Gasteiger partial charge in [-0.3, -0.25) is 0 Å². The summed E-state index contributed by atoms with van der Waals surface area (Å²) in [7, 11) is 0. The molecule has 0 aromatic rings. The molecule has 0 aromatic heterocycles. The summed E-state index contributed by atoms with van der Waals surface area (Å²) in [4.78, 5) is 0. The van der Waals surface area contributed by atoms with Gasteiger partial charge in [0.2, 0.25) is 0 Å². The van der Waals surface area contributed by atoms with Gasteiger partial charge in [-0.25, -0.2) is 0 Å². The molecule has 4 rings (SSSR count). The molecule has 0 amide bonds. The Kier molecular flexibility index (Phi) is 7.10. The zero-order chi connectivity index (χ0) is 28.0. The fraction of sp³-hybridized carbons (Fsp3) is 0.929. The normalized spacial score (nSPS) is 55.2. The van der Waals surface area contributed by atoms with Crippen molar-refractivity contribution in [2.45, 2.75) is 120 Å². The third-order valence-electron chi connectivity index (χ3n) is 11.9. The fourth-order valence-corrected chi connectivity index (χ4v) is 9.13. The maximum Gasteiger partial charge on any atom is 0.125 e. The highest BCUT2D eigenvalue weighted by atomic mass is 16.4. The molecular weight excluding hydrogens is 480 g/mol. The van der Waals surface area contributed by atoms with Gasteiger partial charge in [0.15, 0.2) is 0 Å². The van der Waals surface area contributed by atoms with Crippen LogP contribution in [-0.2, 0) is 0 Å². The lowest BCUT2D eigenvalue weighted by atomic mass is 9.38. The number of rotatable bonds is 5. The molecule has 14 atom stereocenters. The Hall–Kier alpha value is -0.620. The van der Waals surface area contributed by atoms with Crippen molar-refractivity contribution in [3.05, 3.63) is 12.2 Å². The molecule has 4 aliphatic carbocycles. The zero-order valence-electron chi connectivity index (χ0n) is 22.7. The van der Waals surface area contributed by atoms with E-state index in [1.54, 1.807) is 20.8 Å². The van der Waals surface area contributed by atoms with Gasteiger partial charge in [0.05, 0.1) is 30.5 Å². The first kappa shape index (κ1) is 29.4. The number of fused-ring (bicyclic) bond motifs is 5. The molecule has 9 N–H and O–H groups in total. The molecular formula is C28H48O9. The van der Waals surface area contributed by atoms with E-state index in [9.17, 15) is 46.0 Å². The van der Waals surface area contributed by atoms with Crippen LogP contribution in [0.4, 0.5) is 0 Å². The Balaban J connectivity index is 1.71. The van der Waals surface area contributed by atoms with Gasteiger partial charge in [-0.05, 0) is 56.8 Å². The number of aliphatic hydroxyl groups excluding tert-OH is 5. The van der Waals surface area contributed by atoms with Crippen LogP contribution in [0, 0.1) is 34.5 Å². The molecule has 0 heterocycles. The Morgan fingerprint density at radius 3 is 2.11 bits per heavy atom. The maximum absolute atomic E-state index is 12.4. The van der Waals surface area contributed by atoms with Gasteiger partial charge < -0.3 is 46.0 Å². The smallest absolute Gasteiger partial charge is 0.125 e. The lowest BCUT2D eigenvalue weighted by Crippen LogP contribution is -2.83. The van der Waals surface area contributed by atoms with Crippen molar-refractivity contribution < 1.29 is 46.0 Å². The SMILES string of the molecule is C[C@H](/C=C/[C@@H](C)[C@@](C)(O)CO)[C@H]1C[C@H](O)[C@]2(O)[C@]1(C)CC[C@@H]1[C@@]3(C)CC[C@H](O)[C@H](O)[C@]3(O)[C@@H](O)C[C@]12O. The predicted molar refractivity (Wildman–Crippen MR) is 135 cm³/mol. The fourth-order valence-electron chi connectivity index (χ4n) is 9.13. The molecule has 0 aromatic carbocycles. The Labute approximate surface area is 219 Å². The van der Waals surface area contributed by atoms with Gasteiger partial charge in [-0.15, -0.1) is 0 Å². The summed E-state index contributed by atoms with van der Waals surface area (Å²) in [5.74, 6) is -1.44.